The summed E-state index contributed by atoms with van der Waals surface area (Å²) in [6.45, 7) is 0.629. The van der Waals surface area contributed by atoms with Gasteiger partial charge >= 0.3 is 5.97 Å². The molecule has 0 aromatic heterocycles. The Hall–Kier alpha value is -4.26. The monoisotopic (exact) mass is 447 g/mol. The number of methoxy groups -OCH3 is 1. The molecule has 0 aliphatic rings. The van der Waals surface area contributed by atoms with Crippen LogP contribution in [0.3, 0.4) is 0 Å². The molecule has 7 heteroatoms. The Kier molecular flexibility index (Phi) is 8.48. The summed E-state index contributed by atoms with van der Waals surface area (Å²) in [4.78, 5) is 15.7. The molecule has 0 heterocycles. The van der Waals surface area contributed by atoms with Crippen LogP contribution in [0.2, 0.25) is 0 Å². The maximum Gasteiger partial charge on any atom is 0.328 e. The summed E-state index contributed by atoms with van der Waals surface area (Å²) < 4.78 is 17.0. The van der Waals surface area contributed by atoms with Crippen LogP contribution >= 0.6 is 0 Å². The second kappa shape index (κ2) is 12.0. The van der Waals surface area contributed by atoms with Gasteiger partial charge in [0.1, 0.15) is 43.3 Å². The van der Waals surface area contributed by atoms with Gasteiger partial charge in [0.2, 0.25) is 0 Å². The molecule has 3 aromatic carbocycles. The van der Waals surface area contributed by atoms with Crippen LogP contribution < -0.4 is 14.2 Å². The van der Waals surface area contributed by atoms with Crippen LogP contribution in [0.1, 0.15) is 16.7 Å². The molecule has 170 valence electrons. The predicted octanol–water partition coefficient (Wildman–Crippen LogP) is 4.80. The average Bonchev–Trinajstić information content (AvgIpc) is 2.85. The minimum atomic E-state index is -1.02. The van der Waals surface area contributed by atoms with E-state index in [9.17, 15) is 4.79 Å². The lowest BCUT2D eigenvalue weighted by Crippen LogP contribution is -2.13. The van der Waals surface area contributed by atoms with E-state index in [0.29, 0.717) is 35.1 Å². The molecule has 0 spiro atoms. The maximum absolute atomic E-state index is 10.7. The first-order valence-corrected chi connectivity index (χ1v) is 10.2. The topological polar surface area (TPSA) is 86.6 Å². The molecule has 3 rings (SSSR count). The molecule has 0 amide bonds. The van der Waals surface area contributed by atoms with Crippen LogP contribution in [0.15, 0.2) is 84.0 Å². The lowest BCUT2D eigenvalue weighted by atomic mass is 10.1. The van der Waals surface area contributed by atoms with Crippen LogP contribution in [0, 0.1) is 0 Å². The predicted molar refractivity (Wildman–Crippen MR) is 126 cm³/mol. The van der Waals surface area contributed by atoms with Crippen molar-refractivity contribution in [1.82, 2.24) is 0 Å². The van der Waals surface area contributed by atoms with Crippen molar-refractivity contribution in [3.63, 3.8) is 0 Å². The molecule has 0 aliphatic heterocycles. The van der Waals surface area contributed by atoms with E-state index in [2.05, 4.69) is 5.16 Å². The zero-order valence-electron chi connectivity index (χ0n) is 18.4. The highest BCUT2D eigenvalue weighted by Crippen LogP contribution is 2.26. The van der Waals surface area contributed by atoms with Gasteiger partial charge in [-0.05, 0) is 35.9 Å². The van der Waals surface area contributed by atoms with Gasteiger partial charge in [-0.15, -0.1) is 0 Å². The second-order valence-corrected chi connectivity index (χ2v) is 6.88. The van der Waals surface area contributed by atoms with E-state index in [1.54, 1.807) is 18.2 Å². The van der Waals surface area contributed by atoms with E-state index in [1.807, 2.05) is 54.6 Å². The smallest absolute Gasteiger partial charge is 0.328 e. The zero-order chi connectivity index (χ0) is 23.5. The van der Waals surface area contributed by atoms with Crippen LogP contribution in [-0.2, 0) is 16.2 Å². The average molecular weight is 447 g/mol. The number of aliphatic carboxylic acids is 1. The van der Waals surface area contributed by atoms with Crippen molar-refractivity contribution in [1.29, 1.82) is 0 Å². The van der Waals surface area contributed by atoms with Gasteiger partial charge in [-0.2, -0.15) is 0 Å². The minimum absolute atomic E-state index is 0.274. The quantitative estimate of drug-likeness (QED) is 0.258. The van der Waals surface area contributed by atoms with Gasteiger partial charge in [0.05, 0.1) is 7.11 Å². The van der Waals surface area contributed by atoms with Gasteiger partial charge in [-0.1, -0.05) is 47.6 Å². The first kappa shape index (κ1) is 23.4. The van der Waals surface area contributed by atoms with Crippen LogP contribution in [0.4, 0.5) is 0 Å². The van der Waals surface area contributed by atoms with Crippen LogP contribution in [-0.4, -0.2) is 37.6 Å². The number of carbonyl (C=O) groups is 1. The molecule has 0 fully saturated rings. The molecule has 0 aliphatic carbocycles. The SMILES string of the molecule is CO/N=C(\COc1ccc(COc2ccc(/C=C/C(=O)O)c(OC)c2)cc1)c1ccccc1. The Morgan fingerprint density at radius 2 is 1.67 bits per heavy atom. The molecule has 3 aromatic rings. The summed E-state index contributed by atoms with van der Waals surface area (Å²) in [7, 11) is 3.03. The van der Waals surface area contributed by atoms with Crippen molar-refractivity contribution in [3.8, 4) is 17.2 Å². The third kappa shape index (κ3) is 7.14. The van der Waals surface area contributed by atoms with E-state index >= 15 is 0 Å². The molecule has 0 saturated carbocycles. The number of nitrogens with zero attached hydrogens (tertiary/aromatic N) is 1. The molecule has 0 radical (unpaired) electrons. The Morgan fingerprint density at radius 3 is 2.33 bits per heavy atom. The Balaban J connectivity index is 1.57. The highest BCUT2D eigenvalue weighted by atomic mass is 16.6. The number of rotatable bonds is 11. The van der Waals surface area contributed by atoms with Gasteiger partial charge < -0.3 is 24.2 Å². The van der Waals surface area contributed by atoms with Crippen molar-refractivity contribution in [2.24, 2.45) is 5.16 Å². The van der Waals surface area contributed by atoms with E-state index < -0.39 is 5.97 Å². The Bertz CT molecular complexity index is 1110. The zero-order valence-corrected chi connectivity index (χ0v) is 18.4. The van der Waals surface area contributed by atoms with Crippen molar-refractivity contribution in [2.45, 2.75) is 6.61 Å². The number of hydrogen-bond acceptors (Lipinski definition) is 6. The third-order valence-corrected chi connectivity index (χ3v) is 4.62. The second-order valence-electron chi connectivity index (χ2n) is 6.88. The van der Waals surface area contributed by atoms with Gasteiger partial charge in [0.25, 0.3) is 0 Å². The molecular formula is C26H25NO6. The van der Waals surface area contributed by atoms with E-state index in [1.165, 1.54) is 20.3 Å². The summed E-state index contributed by atoms with van der Waals surface area (Å²) in [6.07, 6.45) is 2.54. The third-order valence-electron chi connectivity index (χ3n) is 4.62. The van der Waals surface area contributed by atoms with E-state index in [0.717, 1.165) is 17.2 Å². The number of carboxylic acids is 1. The highest BCUT2D eigenvalue weighted by molar-refractivity contribution is 6.01. The number of ether oxygens (including phenoxy) is 3. The Morgan fingerprint density at radius 1 is 0.939 bits per heavy atom. The highest BCUT2D eigenvalue weighted by Gasteiger charge is 2.07. The van der Waals surface area contributed by atoms with Crippen molar-refractivity contribution in [2.75, 3.05) is 20.8 Å². The van der Waals surface area contributed by atoms with E-state index in [4.69, 9.17) is 24.2 Å². The van der Waals surface area contributed by atoms with Crippen LogP contribution in [0.5, 0.6) is 17.2 Å². The fourth-order valence-corrected chi connectivity index (χ4v) is 2.98. The number of oxime groups is 1. The summed E-state index contributed by atoms with van der Waals surface area (Å²) in [5.74, 6) is 0.824. The molecular weight excluding hydrogens is 422 g/mol. The molecule has 0 unspecified atom stereocenters. The first-order chi connectivity index (χ1) is 16.1. The fourth-order valence-electron chi connectivity index (χ4n) is 2.98. The number of hydrogen-bond donors (Lipinski definition) is 1. The molecule has 0 bridgehead atoms. The number of benzene rings is 3. The molecule has 33 heavy (non-hydrogen) atoms. The van der Waals surface area contributed by atoms with Gasteiger partial charge in [-0.3, -0.25) is 0 Å². The van der Waals surface area contributed by atoms with Gasteiger partial charge in [-0.25, -0.2) is 4.79 Å². The molecule has 1 N–H and O–H groups in total. The first-order valence-electron chi connectivity index (χ1n) is 10.2. The summed E-state index contributed by atoms with van der Waals surface area (Å²) >= 11 is 0. The van der Waals surface area contributed by atoms with E-state index in [-0.39, 0.29) is 6.61 Å². The summed E-state index contributed by atoms with van der Waals surface area (Å²) in [5.41, 5.74) is 3.25. The molecule has 0 saturated heterocycles. The standard InChI is InChI=1S/C26H25NO6/c1-30-25-16-23(14-10-21(25)11-15-26(28)29)32-17-19-8-12-22(13-9-19)33-18-24(27-31-2)20-6-4-3-5-7-20/h3-16H,17-18H2,1-2H3,(H,28,29)/b15-11+,27-24+. The molecule has 0 atom stereocenters. The van der Waals surface area contributed by atoms with Crippen molar-refractivity contribution >= 4 is 17.8 Å². The lowest BCUT2D eigenvalue weighted by Gasteiger charge is -2.11. The fraction of sp³-hybridized carbons (Fsp3) is 0.154. The largest absolute Gasteiger partial charge is 0.496 e. The minimum Gasteiger partial charge on any atom is -0.496 e. The Labute approximate surface area is 192 Å². The van der Waals surface area contributed by atoms with Crippen LogP contribution in [0.25, 0.3) is 6.08 Å². The lowest BCUT2D eigenvalue weighted by molar-refractivity contribution is -0.131. The summed E-state index contributed by atoms with van der Waals surface area (Å²) in [5, 5.41) is 12.8. The van der Waals surface area contributed by atoms with Gasteiger partial charge in [0, 0.05) is 23.3 Å². The van der Waals surface area contributed by atoms with Crippen molar-refractivity contribution < 1.29 is 28.9 Å². The molecule has 7 nitrogen and oxygen atoms in total. The summed E-state index contributed by atoms with van der Waals surface area (Å²) in [6, 6.07) is 22.5. The van der Waals surface area contributed by atoms with Gasteiger partial charge in [0.15, 0.2) is 0 Å². The van der Waals surface area contributed by atoms with Crippen molar-refractivity contribution in [3.05, 3.63) is 95.6 Å². The normalized spacial score (nSPS) is 11.3. The maximum atomic E-state index is 10.7. The number of carboxylic acid groups (broad SMARTS) is 1.